The molecule has 0 aromatic carbocycles. The lowest BCUT2D eigenvalue weighted by Gasteiger charge is -2.15. The van der Waals surface area contributed by atoms with Gasteiger partial charge in [0, 0.05) is 30.3 Å². The van der Waals surface area contributed by atoms with Gasteiger partial charge < -0.3 is 10.0 Å². The fraction of sp³-hybridized carbons (Fsp3) is 0.385. The van der Waals surface area contributed by atoms with Crippen LogP contribution in [0.4, 0.5) is 0 Å². The summed E-state index contributed by atoms with van der Waals surface area (Å²) in [5.74, 6) is -0.104. The standard InChI is InChI=1S/C13H17NO3S2/c1-9-8-11(13(17)14(2)6-7-18-3)19-10(9)4-5-12(15)16/h4-5,8H,6-7H2,1-3H3,(H,15,16)/b5-4+. The number of carboxylic acids is 1. The third-order valence-corrected chi connectivity index (χ3v) is 4.30. The summed E-state index contributed by atoms with van der Waals surface area (Å²) in [6, 6.07) is 1.81. The molecule has 0 aliphatic rings. The number of nitrogens with zero attached hydrogens (tertiary/aromatic N) is 1. The molecule has 1 amide bonds. The van der Waals surface area contributed by atoms with E-state index in [-0.39, 0.29) is 5.91 Å². The third-order valence-electron chi connectivity index (χ3n) is 2.52. The second-order valence-corrected chi connectivity index (χ2v) is 6.12. The molecule has 0 radical (unpaired) electrons. The van der Waals surface area contributed by atoms with Crippen LogP contribution in [0.25, 0.3) is 6.08 Å². The van der Waals surface area contributed by atoms with E-state index in [4.69, 9.17) is 5.11 Å². The Kier molecular flexibility index (Phi) is 6.11. The first-order valence-corrected chi connectivity index (χ1v) is 7.92. The zero-order valence-electron chi connectivity index (χ0n) is 11.2. The SMILES string of the molecule is CSCCN(C)C(=O)c1cc(C)c(/C=C/C(=O)O)s1. The molecule has 0 saturated heterocycles. The van der Waals surface area contributed by atoms with Crippen LogP contribution in [0, 0.1) is 6.92 Å². The zero-order valence-corrected chi connectivity index (χ0v) is 12.8. The van der Waals surface area contributed by atoms with E-state index < -0.39 is 5.97 Å². The summed E-state index contributed by atoms with van der Waals surface area (Å²) in [4.78, 5) is 25.8. The van der Waals surface area contributed by atoms with Crippen LogP contribution < -0.4 is 0 Å². The molecular weight excluding hydrogens is 282 g/mol. The minimum absolute atomic E-state index is 0.0166. The van der Waals surface area contributed by atoms with Crippen molar-refractivity contribution in [2.24, 2.45) is 0 Å². The smallest absolute Gasteiger partial charge is 0.328 e. The van der Waals surface area contributed by atoms with Gasteiger partial charge in [-0.25, -0.2) is 4.79 Å². The molecule has 1 aromatic rings. The fourth-order valence-electron chi connectivity index (χ4n) is 1.43. The molecule has 1 rings (SSSR count). The molecule has 4 nitrogen and oxygen atoms in total. The van der Waals surface area contributed by atoms with Gasteiger partial charge in [0.25, 0.3) is 5.91 Å². The van der Waals surface area contributed by atoms with Crippen LogP contribution in [0.1, 0.15) is 20.1 Å². The molecule has 1 heterocycles. The summed E-state index contributed by atoms with van der Waals surface area (Å²) in [5.41, 5.74) is 0.920. The number of amides is 1. The van der Waals surface area contributed by atoms with Crippen molar-refractivity contribution < 1.29 is 14.7 Å². The number of hydrogen-bond donors (Lipinski definition) is 1. The molecule has 0 fully saturated rings. The predicted molar refractivity (Wildman–Crippen MR) is 81.1 cm³/mol. The summed E-state index contributed by atoms with van der Waals surface area (Å²) in [7, 11) is 1.78. The quantitative estimate of drug-likeness (QED) is 0.820. The summed E-state index contributed by atoms with van der Waals surface area (Å²) in [6.07, 6.45) is 4.62. The molecule has 0 atom stereocenters. The Labute approximate surface area is 121 Å². The Morgan fingerprint density at radius 1 is 1.53 bits per heavy atom. The molecule has 0 bridgehead atoms. The van der Waals surface area contributed by atoms with Crippen LogP contribution in [0.3, 0.4) is 0 Å². The van der Waals surface area contributed by atoms with Crippen molar-refractivity contribution >= 4 is 41.1 Å². The average Bonchev–Trinajstić information content (AvgIpc) is 2.73. The number of aliphatic carboxylic acids is 1. The first-order valence-electron chi connectivity index (χ1n) is 5.71. The van der Waals surface area contributed by atoms with Gasteiger partial charge in [0.1, 0.15) is 0 Å². The molecule has 0 aliphatic heterocycles. The van der Waals surface area contributed by atoms with Gasteiger partial charge in [-0.05, 0) is 30.9 Å². The van der Waals surface area contributed by atoms with E-state index >= 15 is 0 Å². The van der Waals surface area contributed by atoms with Crippen molar-refractivity contribution in [3.63, 3.8) is 0 Å². The molecular formula is C13H17NO3S2. The second kappa shape index (κ2) is 7.35. The summed E-state index contributed by atoms with van der Waals surface area (Å²) in [6.45, 7) is 2.58. The summed E-state index contributed by atoms with van der Waals surface area (Å²) >= 11 is 3.02. The zero-order chi connectivity index (χ0) is 14.4. The monoisotopic (exact) mass is 299 g/mol. The van der Waals surface area contributed by atoms with E-state index in [9.17, 15) is 9.59 Å². The van der Waals surface area contributed by atoms with Gasteiger partial charge in [-0.3, -0.25) is 4.79 Å². The number of aryl methyl sites for hydroxylation is 1. The number of carboxylic acid groups (broad SMARTS) is 1. The van der Waals surface area contributed by atoms with E-state index in [1.54, 1.807) is 23.7 Å². The van der Waals surface area contributed by atoms with Crippen LogP contribution in [0.5, 0.6) is 0 Å². The maximum Gasteiger partial charge on any atom is 0.328 e. The van der Waals surface area contributed by atoms with Gasteiger partial charge in [0.15, 0.2) is 0 Å². The highest BCUT2D eigenvalue weighted by Crippen LogP contribution is 2.24. The number of carbonyl (C=O) groups is 2. The minimum Gasteiger partial charge on any atom is -0.478 e. The van der Waals surface area contributed by atoms with E-state index in [0.29, 0.717) is 11.4 Å². The van der Waals surface area contributed by atoms with Gasteiger partial charge >= 0.3 is 5.97 Å². The molecule has 1 aromatic heterocycles. The van der Waals surface area contributed by atoms with Gasteiger partial charge in [-0.15, -0.1) is 11.3 Å². The van der Waals surface area contributed by atoms with E-state index in [1.807, 2.05) is 19.2 Å². The van der Waals surface area contributed by atoms with Crippen molar-refractivity contribution in [1.29, 1.82) is 0 Å². The normalized spacial score (nSPS) is 10.9. The van der Waals surface area contributed by atoms with Crippen molar-refractivity contribution in [3.8, 4) is 0 Å². The Balaban J connectivity index is 2.82. The molecule has 0 spiro atoms. The van der Waals surface area contributed by atoms with Gasteiger partial charge in [-0.2, -0.15) is 11.8 Å². The molecule has 104 valence electrons. The number of hydrogen-bond acceptors (Lipinski definition) is 4. The lowest BCUT2D eigenvalue weighted by atomic mass is 10.2. The largest absolute Gasteiger partial charge is 0.478 e. The molecule has 0 unspecified atom stereocenters. The number of carbonyl (C=O) groups excluding carboxylic acids is 1. The topological polar surface area (TPSA) is 57.6 Å². The van der Waals surface area contributed by atoms with E-state index in [0.717, 1.165) is 22.3 Å². The van der Waals surface area contributed by atoms with Crippen molar-refractivity contribution in [2.75, 3.05) is 25.6 Å². The second-order valence-electron chi connectivity index (χ2n) is 4.05. The molecule has 1 N–H and O–H groups in total. The van der Waals surface area contributed by atoms with Crippen molar-refractivity contribution in [1.82, 2.24) is 4.90 Å². The number of rotatable bonds is 6. The summed E-state index contributed by atoms with van der Waals surface area (Å²) < 4.78 is 0. The Bertz CT molecular complexity index is 494. The lowest BCUT2D eigenvalue weighted by molar-refractivity contribution is -0.131. The van der Waals surface area contributed by atoms with Crippen molar-refractivity contribution in [3.05, 3.63) is 27.5 Å². The van der Waals surface area contributed by atoms with Gasteiger partial charge in [0.2, 0.25) is 0 Å². The number of thiophene rings is 1. The van der Waals surface area contributed by atoms with Crippen LogP contribution in [-0.2, 0) is 4.79 Å². The maximum atomic E-state index is 12.1. The van der Waals surface area contributed by atoms with Gasteiger partial charge in [0.05, 0.1) is 4.88 Å². The van der Waals surface area contributed by atoms with E-state index in [2.05, 4.69) is 0 Å². The summed E-state index contributed by atoms with van der Waals surface area (Å²) in [5, 5.41) is 8.61. The van der Waals surface area contributed by atoms with E-state index in [1.165, 1.54) is 17.4 Å². The highest BCUT2D eigenvalue weighted by molar-refractivity contribution is 7.98. The highest BCUT2D eigenvalue weighted by Gasteiger charge is 2.15. The number of thioether (sulfide) groups is 1. The van der Waals surface area contributed by atoms with Crippen LogP contribution in [-0.4, -0.2) is 47.5 Å². The lowest BCUT2D eigenvalue weighted by Crippen LogP contribution is -2.28. The first-order chi connectivity index (χ1) is 8.95. The van der Waals surface area contributed by atoms with Crippen LogP contribution in [0.15, 0.2) is 12.1 Å². The average molecular weight is 299 g/mol. The molecule has 6 heteroatoms. The predicted octanol–water partition coefficient (Wildman–Crippen LogP) is 2.59. The van der Waals surface area contributed by atoms with Crippen LogP contribution in [0.2, 0.25) is 0 Å². The molecule has 0 saturated carbocycles. The Morgan fingerprint density at radius 2 is 2.21 bits per heavy atom. The Morgan fingerprint density at radius 3 is 2.79 bits per heavy atom. The first kappa shape index (κ1) is 15.8. The third kappa shape index (κ3) is 4.72. The van der Waals surface area contributed by atoms with Crippen molar-refractivity contribution in [2.45, 2.75) is 6.92 Å². The van der Waals surface area contributed by atoms with Crippen LogP contribution >= 0.6 is 23.1 Å². The van der Waals surface area contributed by atoms with Gasteiger partial charge in [-0.1, -0.05) is 0 Å². The minimum atomic E-state index is -0.988. The molecule has 19 heavy (non-hydrogen) atoms. The fourth-order valence-corrected chi connectivity index (χ4v) is 2.96. The molecule has 0 aliphatic carbocycles. The Hall–Kier alpha value is -1.27. The highest BCUT2D eigenvalue weighted by atomic mass is 32.2. The maximum absolute atomic E-state index is 12.1.